The quantitative estimate of drug-likeness (QED) is 0.813. The van der Waals surface area contributed by atoms with Crippen LogP contribution in [0.2, 0.25) is 10.0 Å². The summed E-state index contributed by atoms with van der Waals surface area (Å²) in [6.45, 7) is 6.70. The molecule has 0 radical (unpaired) electrons. The summed E-state index contributed by atoms with van der Waals surface area (Å²) < 4.78 is 0. The highest BCUT2D eigenvalue weighted by Crippen LogP contribution is 2.34. The zero-order valence-electron chi connectivity index (χ0n) is 12.8. The van der Waals surface area contributed by atoms with E-state index < -0.39 is 0 Å². The van der Waals surface area contributed by atoms with Crippen molar-refractivity contribution in [1.82, 2.24) is 5.32 Å². The third-order valence-corrected chi connectivity index (χ3v) is 5.16. The van der Waals surface area contributed by atoms with E-state index >= 15 is 0 Å². The van der Waals surface area contributed by atoms with Gasteiger partial charge in [0.15, 0.2) is 0 Å². The SMILES string of the molecule is CC(C)[C@H]1CC[C@H](C)C[C@@H]1NC(=O)c1c(Cl)cccc1Cl. The van der Waals surface area contributed by atoms with Crippen LogP contribution in [0, 0.1) is 17.8 Å². The lowest BCUT2D eigenvalue weighted by Gasteiger charge is -2.37. The Morgan fingerprint density at radius 2 is 1.86 bits per heavy atom. The predicted octanol–water partition coefficient (Wildman–Crippen LogP) is 5.18. The molecule has 0 saturated heterocycles. The van der Waals surface area contributed by atoms with Crippen LogP contribution in [0.3, 0.4) is 0 Å². The lowest BCUT2D eigenvalue weighted by Crippen LogP contribution is -2.45. The molecule has 1 aromatic rings. The lowest BCUT2D eigenvalue weighted by molar-refractivity contribution is 0.0868. The molecule has 2 rings (SSSR count). The molecule has 1 N–H and O–H groups in total. The molecular weight excluding hydrogens is 305 g/mol. The number of halogens is 2. The van der Waals surface area contributed by atoms with Crippen LogP contribution >= 0.6 is 23.2 Å². The summed E-state index contributed by atoms with van der Waals surface area (Å²) in [6, 6.07) is 5.35. The molecule has 1 aliphatic carbocycles. The molecule has 1 aromatic carbocycles. The number of carbonyl (C=O) groups excluding carboxylic acids is 1. The standard InChI is InChI=1S/C17H23Cl2NO/c1-10(2)12-8-7-11(3)9-15(12)20-17(21)16-13(18)5-4-6-14(16)19/h4-6,10-12,15H,7-9H2,1-3H3,(H,20,21)/t11-,12+,15-/m0/s1. The van der Waals surface area contributed by atoms with Crippen molar-refractivity contribution in [3.05, 3.63) is 33.8 Å². The van der Waals surface area contributed by atoms with Gasteiger partial charge in [0.1, 0.15) is 0 Å². The number of amides is 1. The molecule has 0 aliphatic heterocycles. The van der Waals surface area contributed by atoms with Crippen molar-refractivity contribution in [2.45, 2.75) is 46.1 Å². The van der Waals surface area contributed by atoms with Gasteiger partial charge in [0.25, 0.3) is 5.91 Å². The highest BCUT2D eigenvalue weighted by molar-refractivity contribution is 6.39. The summed E-state index contributed by atoms with van der Waals surface area (Å²) in [5, 5.41) is 3.99. The van der Waals surface area contributed by atoms with E-state index in [4.69, 9.17) is 23.2 Å². The smallest absolute Gasteiger partial charge is 0.254 e. The van der Waals surface area contributed by atoms with Gasteiger partial charge in [-0.25, -0.2) is 0 Å². The van der Waals surface area contributed by atoms with Gasteiger partial charge in [0, 0.05) is 6.04 Å². The Kier molecular flexibility index (Phi) is 5.56. The average molecular weight is 328 g/mol. The maximum absolute atomic E-state index is 12.5. The monoisotopic (exact) mass is 327 g/mol. The van der Waals surface area contributed by atoms with Crippen molar-refractivity contribution in [3.8, 4) is 0 Å². The summed E-state index contributed by atoms with van der Waals surface area (Å²) in [5.41, 5.74) is 0.390. The first-order valence-corrected chi connectivity index (χ1v) is 8.40. The van der Waals surface area contributed by atoms with Crippen molar-refractivity contribution in [2.75, 3.05) is 0 Å². The minimum absolute atomic E-state index is 0.157. The fraction of sp³-hybridized carbons (Fsp3) is 0.588. The van der Waals surface area contributed by atoms with E-state index in [0.717, 1.165) is 6.42 Å². The molecule has 0 unspecified atom stereocenters. The molecule has 116 valence electrons. The van der Waals surface area contributed by atoms with E-state index in [1.54, 1.807) is 18.2 Å². The molecule has 1 saturated carbocycles. The summed E-state index contributed by atoms with van der Waals surface area (Å²) in [6.07, 6.45) is 3.43. The summed E-state index contributed by atoms with van der Waals surface area (Å²) >= 11 is 12.2. The molecule has 0 heterocycles. The van der Waals surface area contributed by atoms with Gasteiger partial charge in [-0.1, -0.05) is 56.5 Å². The first-order valence-electron chi connectivity index (χ1n) is 7.65. The van der Waals surface area contributed by atoms with Crippen molar-refractivity contribution in [1.29, 1.82) is 0 Å². The molecule has 0 aromatic heterocycles. The average Bonchev–Trinajstić information content (AvgIpc) is 2.38. The third kappa shape index (κ3) is 3.92. The Morgan fingerprint density at radius 3 is 2.43 bits per heavy atom. The van der Waals surface area contributed by atoms with Crippen LogP contribution in [0.15, 0.2) is 18.2 Å². The van der Waals surface area contributed by atoms with Crippen molar-refractivity contribution >= 4 is 29.1 Å². The maximum Gasteiger partial charge on any atom is 0.254 e. The Hall–Kier alpha value is -0.730. The fourth-order valence-electron chi connectivity index (χ4n) is 3.32. The fourth-order valence-corrected chi connectivity index (χ4v) is 3.89. The van der Waals surface area contributed by atoms with E-state index in [-0.39, 0.29) is 11.9 Å². The number of carbonyl (C=O) groups is 1. The molecule has 1 fully saturated rings. The third-order valence-electron chi connectivity index (χ3n) is 4.53. The Morgan fingerprint density at radius 1 is 1.24 bits per heavy atom. The van der Waals surface area contributed by atoms with Crippen molar-refractivity contribution in [2.24, 2.45) is 17.8 Å². The van der Waals surface area contributed by atoms with Crippen LogP contribution < -0.4 is 5.32 Å². The molecule has 4 heteroatoms. The minimum Gasteiger partial charge on any atom is -0.349 e. The molecule has 2 nitrogen and oxygen atoms in total. The molecule has 0 bridgehead atoms. The van der Waals surface area contributed by atoms with Crippen molar-refractivity contribution in [3.63, 3.8) is 0 Å². The summed E-state index contributed by atoms with van der Waals surface area (Å²) in [5.74, 6) is 1.57. The normalized spacial score (nSPS) is 25.9. The number of hydrogen-bond donors (Lipinski definition) is 1. The molecule has 1 aliphatic rings. The van der Waals surface area contributed by atoms with Gasteiger partial charge in [-0.05, 0) is 42.7 Å². The van der Waals surface area contributed by atoms with Gasteiger partial charge >= 0.3 is 0 Å². The van der Waals surface area contributed by atoms with E-state index in [9.17, 15) is 4.79 Å². The summed E-state index contributed by atoms with van der Waals surface area (Å²) in [7, 11) is 0. The zero-order valence-corrected chi connectivity index (χ0v) is 14.3. The van der Waals surface area contributed by atoms with E-state index in [0.29, 0.717) is 33.4 Å². The van der Waals surface area contributed by atoms with Crippen LogP contribution in [-0.2, 0) is 0 Å². The van der Waals surface area contributed by atoms with Crippen LogP contribution in [0.1, 0.15) is 50.4 Å². The molecule has 3 atom stereocenters. The van der Waals surface area contributed by atoms with Gasteiger partial charge in [-0.15, -0.1) is 0 Å². The largest absolute Gasteiger partial charge is 0.349 e. The second kappa shape index (κ2) is 7.02. The Bertz CT molecular complexity index is 495. The lowest BCUT2D eigenvalue weighted by atomic mass is 9.74. The van der Waals surface area contributed by atoms with Gasteiger partial charge < -0.3 is 5.32 Å². The first-order chi connectivity index (χ1) is 9.90. The summed E-state index contributed by atoms with van der Waals surface area (Å²) in [4.78, 5) is 12.5. The second-order valence-corrected chi connectivity index (χ2v) is 7.32. The predicted molar refractivity (Wildman–Crippen MR) is 89.1 cm³/mol. The maximum atomic E-state index is 12.5. The van der Waals surface area contributed by atoms with Crippen LogP contribution in [-0.4, -0.2) is 11.9 Å². The highest BCUT2D eigenvalue weighted by atomic mass is 35.5. The Labute approximate surface area is 137 Å². The van der Waals surface area contributed by atoms with Gasteiger partial charge in [-0.2, -0.15) is 0 Å². The number of benzene rings is 1. The van der Waals surface area contributed by atoms with Gasteiger partial charge in [0.05, 0.1) is 15.6 Å². The van der Waals surface area contributed by atoms with E-state index in [2.05, 4.69) is 26.1 Å². The highest BCUT2D eigenvalue weighted by Gasteiger charge is 2.32. The molecular formula is C17H23Cl2NO. The number of nitrogens with one attached hydrogen (secondary N) is 1. The van der Waals surface area contributed by atoms with Crippen LogP contribution in [0.5, 0.6) is 0 Å². The van der Waals surface area contributed by atoms with E-state index in [1.165, 1.54) is 12.8 Å². The number of rotatable bonds is 3. The zero-order chi connectivity index (χ0) is 15.6. The van der Waals surface area contributed by atoms with E-state index in [1.807, 2.05) is 0 Å². The second-order valence-electron chi connectivity index (χ2n) is 6.50. The minimum atomic E-state index is -0.157. The molecule has 0 spiro atoms. The Balaban J connectivity index is 2.17. The molecule has 1 amide bonds. The van der Waals surface area contributed by atoms with Crippen LogP contribution in [0.4, 0.5) is 0 Å². The first kappa shape index (κ1) is 16.6. The number of hydrogen-bond acceptors (Lipinski definition) is 1. The van der Waals surface area contributed by atoms with Gasteiger partial charge in [0.2, 0.25) is 0 Å². The van der Waals surface area contributed by atoms with Crippen molar-refractivity contribution < 1.29 is 4.79 Å². The topological polar surface area (TPSA) is 29.1 Å². The molecule has 21 heavy (non-hydrogen) atoms. The van der Waals surface area contributed by atoms with Crippen LogP contribution in [0.25, 0.3) is 0 Å². The van der Waals surface area contributed by atoms with Gasteiger partial charge in [-0.3, -0.25) is 4.79 Å².